The second-order valence-corrected chi connectivity index (χ2v) is 5.03. The van der Waals surface area contributed by atoms with E-state index in [1.807, 2.05) is 31.2 Å². The van der Waals surface area contributed by atoms with Gasteiger partial charge in [-0.1, -0.05) is 18.2 Å². The number of aryl methyl sites for hydroxylation is 1. The van der Waals surface area contributed by atoms with Crippen LogP contribution in [0.5, 0.6) is 0 Å². The Hall–Kier alpha value is -1.16. The molecule has 0 fully saturated rings. The number of carbonyl (C=O) groups is 1. The molecule has 16 heavy (non-hydrogen) atoms. The van der Waals surface area contributed by atoms with Crippen molar-refractivity contribution >= 4 is 16.8 Å². The summed E-state index contributed by atoms with van der Waals surface area (Å²) in [5.41, 5.74) is 1.03. The molecule has 1 aromatic rings. The van der Waals surface area contributed by atoms with Gasteiger partial charge in [-0.15, -0.1) is 0 Å². The van der Waals surface area contributed by atoms with Gasteiger partial charge in [0.1, 0.15) is 0 Å². The summed E-state index contributed by atoms with van der Waals surface area (Å²) in [6.07, 6.45) is 0.918. The van der Waals surface area contributed by atoms with E-state index in [0.717, 1.165) is 10.5 Å². The fourth-order valence-electron chi connectivity index (χ4n) is 1.37. The van der Waals surface area contributed by atoms with Crippen LogP contribution in [-0.4, -0.2) is 23.0 Å². The minimum atomic E-state index is -1.02. The van der Waals surface area contributed by atoms with E-state index in [1.165, 1.54) is 7.11 Å². The van der Waals surface area contributed by atoms with Crippen LogP contribution in [0.15, 0.2) is 29.2 Å². The second-order valence-electron chi connectivity index (χ2n) is 3.49. The van der Waals surface area contributed by atoms with Crippen LogP contribution in [0.25, 0.3) is 0 Å². The molecule has 0 aliphatic carbocycles. The Morgan fingerprint density at radius 1 is 1.38 bits per heavy atom. The van der Waals surface area contributed by atoms with E-state index in [2.05, 4.69) is 4.74 Å². The fourth-order valence-corrected chi connectivity index (χ4v) is 2.66. The molecule has 1 atom stereocenters. The highest BCUT2D eigenvalue weighted by atomic mass is 32.2. The number of benzene rings is 1. The molecule has 0 radical (unpaired) electrons. The maximum absolute atomic E-state index is 11.9. The third-order valence-electron chi connectivity index (χ3n) is 2.28. The number of rotatable bonds is 5. The summed E-state index contributed by atoms with van der Waals surface area (Å²) >= 11 is 0. The zero-order chi connectivity index (χ0) is 12.0. The molecule has 0 N–H and O–H groups in total. The molecule has 0 heterocycles. The normalized spacial score (nSPS) is 12.1. The van der Waals surface area contributed by atoms with Gasteiger partial charge >= 0.3 is 5.97 Å². The SMILES string of the molecule is COC(=O)CCCS(=O)c1ccccc1C. The fraction of sp³-hybridized carbons (Fsp3) is 0.417. The van der Waals surface area contributed by atoms with Gasteiger partial charge in [0.15, 0.2) is 0 Å². The van der Waals surface area contributed by atoms with Crippen molar-refractivity contribution in [3.8, 4) is 0 Å². The van der Waals surface area contributed by atoms with Gasteiger partial charge < -0.3 is 4.74 Å². The summed E-state index contributed by atoms with van der Waals surface area (Å²) in [5.74, 6) is 0.252. The van der Waals surface area contributed by atoms with Crippen molar-refractivity contribution in [1.82, 2.24) is 0 Å². The average molecular weight is 240 g/mol. The summed E-state index contributed by atoms with van der Waals surface area (Å²) in [5, 5.41) is 0. The van der Waals surface area contributed by atoms with Crippen molar-refractivity contribution < 1.29 is 13.7 Å². The van der Waals surface area contributed by atoms with Crippen molar-refractivity contribution in [2.45, 2.75) is 24.7 Å². The summed E-state index contributed by atoms with van der Waals surface area (Å²) in [6.45, 7) is 1.94. The molecule has 1 aromatic carbocycles. The van der Waals surface area contributed by atoms with Crippen LogP contribution in [0.1, 0.15) is 18.4 Å². The highest BCUT2D eigenvalue weighted by Crippen LogP contribution is 2.13. The summed E-state index contributed by atoms with van der Waals surface area (Å²) in [7, 11) is 0.341. The predicted octanol–water partition coefficient (Wildman–Crippen LogP) is 2.06. The highest BCUT2D eigenvalue weighted by molar-refractivity contribution is 7.85. The lowest BCUT2D eigenvalue weighted by Crippen LogP contribution is -2.05. The van der Waals surface area contributed by atoms with E-state index in [9.17, 15) is 9.00 Å². The molecule has 0 saturated heterocycles. The molecular weight excluding hydrogens is 224 g/mol. The second kappa shape index (κ2) is 6.43. The van der Waals surface area contributed by atoms with Gasteiger partial charge in [0.2, 0.25) is 0 Å². The summed E-state index contributed by atoms with van der Waals surface area (Å²) in [6, 6.07) is 7.60. The monoisotopic (exact) mass is 240 g/mol. The predicted molar refractivity (Wildman–Crippen MR) is 63.7 cm³/mol. The van der Waals surface area contributed by atoms with Crippen LogP contribution in [0, 0.1) is 6.92 Å². The first kappa shape index (κ1) is 12.9. The Bertz CT molecular complexity index is 388. The molecule has 4 heteroatoms. The zero-order valence-electron chi connectivity index (χ0n) is 9.56. The van der Waals surface area contributed by atoms with Crippen molar-refractivity contribution in [3.05, 3.63) is 29.8 Å². The van der Waals surface area contributed by atoms with Crippen molar-refractivity contribution in [1.29, 1.82) is 0 Å². The smallest absolute Gasteiger partial charge is 0.305 e. The Labute approximate surface area is 98.3 Å². The number of methoxy groups -OCH3 is 1. The molecule has 88 valence electrons. The van der Waals surface area contributed by atoms with Crippen LogP contribution < -0.4 is 0 Å². The third-order valence-corrected chi connectivity index (χ3v) is 3.89. The van der Waals surface area contributed by atoms with Gasteiger partial charge in [-0.25, -0.2) is 0 Å². The van der Waals surface area contributed by atoms with Gasteiger partial charge in [-0.05, 0) is 25.0 Å². The van der Waals surface area contributed by atoms with E-state index in [1.54, 1.807) is 0 Å². The largest absolute Gasteiger partial charge is 0.469 e. The maximum Gasteiger partial charge on any atom is 0.305 e. The molecule has 3 nitrogen and oxygen atoms in total. The van der Waals surface area contributed by atoms with Crippen LogP contribution in [-0.2, 0) is 20.3 Å². The molecule has 0 aliphatic heterocycles. The Morgan fingerprint density at radius 2 is 2.06 bits per heavy atom. The number of esters is 1. The first-order valence-corrected chi connectivity index (χ1v) is 6.48. The van der Waals surface area contributed by atoms with E-state index in [0.29, 0.717) is 18.6 Å². The van der Waals surface area contributed by atoms with Crippen LogP contribution in [0.4, 0.5) is 0 Å². The summed E-state index contributed by atoms with van der Waals surface area (Å²) in [4.78, 5) is 11.7. The van der Waals surface area contributed by atoms with Crippen LogP contribution in [0.3, 0.4) is 0 Å². The first-order chi connectivity index (χ1) is 7.65. The van der Waals surface area contributed by atoms with Gasteiger partial charge in [-0.3, -0.25) is 9.00 Å². The van der Waals surface area contributed by atoms with Crippen molar-refractivity contribution in [2.24, 2.45) is 0 Å². The molecule has 0 spiro atoms. The van der Waals surface area contributed by atoms with Gasteiger partial charge in [0.25, 0.3) is 0 Å². The minimum absolute atomic E-state index is 0.248. The quantitative estimate of drug-likeness (QED) is 0.740. The number of hydrogen-bond donors (Lipinski definition) is 0. The summed E-state index contributed by atoms with van der Waals surface area (Å²) < 4.78 is 16.4. The Balaban J connectivity index is 2.47. The van der Waals surface area contributed by atoms with E-state index in [-0.39, 0.29) is 5.97 Å². The van der Waals surface area contributed by atoms with Gasteiger partial charge in [0, 0.05) is 17.1 Å². The molecule has 0 aliphatic rings. The van der Waals surface area contributed by atoms with E-state index >= 15 is 0 Å². The highest BCUT2D eigenvalue weighted by Gasteiger charge is 2.07. The Morgan fingerprint density at radius 3 is 2.69 bits per heavy atom. The molecular formula is C12H16O3S. The van der Waals surface area contributed by atoms with Crippen LogP contribution >= 0.6 is 0 Å². The lowest BCUT2D eigenvalue weighted by atomic mass is 10.2. The number of carbonyl (C=O) groups excluding carboxylic acids is 1. The molecule has 0 bridgehead atoms. The first-order valence-electron chi connectivity index (χ1n) is 5.16. The number of hydrogen-bond acceptors (Lipinski definition) is 3. The standard InChI is InChI=1S/C12H16O3S/c1-10-6-3-4-7-11(10)16(14)9-5-8-12(13)15-2/h3-4,6-7H,5,8-9H2,1-2H3. The molecule has 1 rings (SSSR count). The number of ether oxygens (including phenoxy) is 1. The van der Waals surface area contributed by atoms with Crippen molar-refractivity contribution in [3.63, 3.8) is 0 Å². The van der Waals surface area contributed by atoms with Crippen LogP contribution in [0.2, 0.25) is 0 Å². The minimum Gasteiger partial charge on any atom is -0.469 e. The molecule has 0 amide bonds. The van der Waals surface area contributed by atoms with E-state index in [4.69, 9.17) is 0 Å². The Kier molecular flexibility index (Phi) is 5.19. The average Bonchev–Trinajstić information content (AvgIpc) is 2.29. The maximum atomic E-state index is 11.9. The lowest BCUT2D eigenvalue weighted by Gasteiger charge is -2.04. The molecule has 0 aromatic heterocycles. The van der Waals surface area contributed by atoms with Gasteiger partial charge in [-0.2, -0.15) is 0 Å². The topological polar surface area (TPSA) is 43.4 Å². The molecule has 0 saturated carbocycles. The van der Waals surface area contributed by atoms with E-state index < -0.39 is 10.8 Å². The zero-order valence-corrected chi connectivity index (χ0v) is 10.4. The lowest BCUT2D eigenvalue weighted by molar-refractivity contribution is -0.140. The third kappa shape index (κ3) is 3.77. The van der Waals surface area contributed by atoms with Gasteiger partial charge in [0.05, 0.1) is 17.9 Å². The van der Waals surface area contributed by atoms with Crippen molar-refractivity contribution in [2.75, 3.05) is 12.9 Å². The molecule has 1 unspecified atom stereocenters.